The first-order chi connectivity index (χ1) is 8.76. The average Bonchev–Trinajstić information content (AvgIpc) is 2.90. The van der Waals surface area contributed by atoms with Crippen LogP contribution in [0.25, 0.3) is 20.2 Å². The van der Waals surface area contributed by atoms with Gasteiger partial charge in [0.05, 0.1) is 13.0 Å². The standard InChI is InChI=1S/C14H12O2S2/c1-2-16-14(15)8-11-5-10-7-12-9(3-4-17-12)6-13(10)18-11/h3-7H,2,8H2,1H3. The Morgan fingerprint density at radius 2 is 2.06 bits per heavy atom. The van der Waals surface area contributed by atoms with Crippen LogP contribution in [0.5, 0.6) is 0 Å². The fourth-order valence-electron chi connectivity index (χ4n) is 1.99. The van der Waals surface area contributed by atoms with Gasteiger partial charge in [0.2, 0.25) is 0 Å². The van der Waals surface area contributed by atoms with Crippen LogP contribution >= 0.6 is 22.7 Å². The molecule has 0 atom stereocenters. The first kappa shape index (κ1) is 11.7. The quantitative estimate of drug-likeness (QED) is 0.669. The summed E-state index contributed by atoms with van der Waals surface area (Å²) in [4.78, 5) is 12.5. The average molecular weight is 276 g/mol. The molecule has 0 unspecified atom stereocenters. The van der Waals surface area contributed by atoms with Gasteiger partial charge in [-0.15, -0.1) is 22.7 Å². The van der Waals surface area contributed by atoms with Crippen molar-refractivity contribution in [3.8, 4) is 0 Å². The molecule has 0 aliphatic rings. The molecule has 0 N–H and O–H groups in total. The number of carbonyl (C=O) groups excluding carboxylic acids is 1. The summed E-state index contributed by atoms with van der Waals surface area (Å²) in [6.45, 7) is 2.27. The van der Waals surface area contributed by atoms with Crippen LogP contribution in [0.4, 0.5) is 0 Å². The molecule has 0 spiro atoms. The summed E-state index contributed by atoms with van der Waals surface area (Å²) in [5.41, 5.74) is 0. The molecule has 0 radical (unpaired) electrons. The Morgan fingerprint density at radius 1 is 1.22 bits per heavy atom. The summed E-state index contributed by atoms with van der Waals surface area (Å²) in [6, 6.07) is 8.61. The maximum Gasteiger partial charge on any atom is 0.311 e. The molecule has 92 valence electrons. The van der Waals surface area contributed by atoms with Gasteiger partial charge in [-0.1, -0.05) is 0 Å². The number of hydrogen-bond donors (Lipinski definition) is 0. The highest BCUT2D eigenvalue weighted by molar-refractivity contribution is 7.20. The van der Waals surface area contributed by atoms with Gasteiger partial charge < -0.3 is 4.74 Å². The summed E-state index contributed by atoms with van der Waals surface area (Å²) >= 11 is 3.42. The van der Waals surface area contributed by atoms with Crippen LogP contribution in [0.3, 0.4) is 0 Å². The van der Waals surface area contributed by atoms with Crippen molar-refractivity contribution in [2.75, 3.05) is 6.61 Å². The van der Waals surface area contributed by atoms with Gasteiger partial charge in [0.15, 0.2) is 0 Å². The van der Waals surface area contributed by atoms with E-state index in [1.165, 1.54) is 20.2 Å². The predicted octanol–water partition coefficient (Wildman–Crippen LogP) is 4.22. The maximum atomic E-state index is 11.5. The van der Waals surface area contributed by atoms with Crippen molar-refractivity contribution in [3.05, 3.63) is 34.5 Å². The van der Waals surface area contributed by atoms with E-state index in [0.29, 0.717) is 13.0 Å². The molecular weight excluding hydrogens is 264 g/mol. The van der Waals surface area contributed by atoms with Gasteiger partial charge in [0, 0.05) is 14.3 Å². The minimum atomic E-state index is -0.147. The van der Waals surface area contributed by atoms with Crippen molar-refractivity contribution in [2.24, 2.45) is 0 Å². The highest BCUT2D eigenvalue weighted by Crippen LogP contribution is 2.32. The molecule has 2 nitrogen and oxygen atoms in total. The second-order valence-corrected chi connectivity index (χ2v) is 6.16. The number of benzene rings is 1. The lowest BCUT2D eigenvalue weighted by Gasteiger charge is -1.97. The zero-order valence-corrected chi connectivity index (χ0v) is 11.6. The molecule has 18 heavy (non-hydrogen) atoms. The molecule has 0 fully saturated rings. The van der Waals surface area contributed by atoms with Gasteiger partial charge in [-0.25, -0.2) is 0 Å². The second-order valence-electron chi connectivity index (χ2n) is 4.04. The lowest BCUT2D eigenvalue weighted by molar-refractivity contribution is -0.142. The van der Waals surface area contributed by atoms with Crippen molar-refractivity contribution in [1.29, 1.82) is 0 Å². The van der Waals surface area contributed by atoms with Crippen molar-refractivity contribution in [2.45, 2.75) is 13.3 Å². The van der Waals surface area contributed by atoms with Crippen LogP contribution in [-0.4, -0.2) is 12.6 Å². The van der Waals surface area contributed by atoms with Gasteiger partial charge in [-0.2, -0.15) is 0 Å². The summed E-state index contributed by atoms with van der Waals surface area (Å²) < 4.78 is 7.50. The first-order valence-electron chi connectivity index (χ1n) is 5.81. The van der Waals surface area contributed by atoms with E-state index in [4.69, 9.17) is 4.74 Å². The topological polar surface area (TPSA) is 26.3 Å². The van der Waals surface area contributed by atoms with E-state index in [1.54, 1.807) is 22.7 Å². The Bertz CT molecular complexity index is 661. The normalized spacial score (nSPS) is 11.2. The Kier molecular flexibility index (Phi) is 3.06. The van der Waals surface area contributed by atoms with Gasteiger partial charge in [0.25, 0.3) is 0 Å². The lowest BCUT2D eigenvalue weighted by atomic mass is 10.2. The Balaban J connectivity index is 1.97. The predicted molar refractivity (Wildman–Crippen MR) is 77.5 cm³/mol. The van der Waals surface area contributed by atoms with E-state index < -0.39 is 0 Å². The van der Waals surface area contributed by atoms with Gasteiger partial charge in [-0.05, 0) is 47.3 Å². The van der Waals surface area contributed by atoms with Crippen molar-refractivity contribution < 1.29 is 9.53 Å². The van der Waals surface area contributed by atoms with Crippen LogP contribution in [0, 0.1) is 0 Å². The van der Waals surface area contributed by atoms with Crippen LogP contribution in [0.2, 0.25) is 0 Å². The highest BCUT2D eigenvalue weighted by Gasteiger charge is 2.09. The number of ether oxygens (including phenoxy) is 1. The number of hydrogen-bond acceptors (Lipinski definition) is 4. The first-order valence-corrected chi connectivity index (χ1v) is 7.51. The van der Waals surface area contributed by atoms with E-state index in [9.17, 15) is 4.79 Å². The number of carbonyl (C=O) groups is 1. The zero-order valence-electron chi connectivity index (χ0n) is 9.93. The van der Waals surface area contributed by atoms with Crippen molar-refractivity contribution in [1.82, 2.24) is 0 Å². The molecule has 4 heteroatoms. The molecule has 0 saturated heterocycles. The molecule has 1 aromatic carbocycles. The molecule has 2 heterocycles. The van der Waals surface area contributed by atoms with E-state index >= 15 is 0 Å². The number of thiophene rings is 2. The monoisotopic (exact) mass is 276 g/mol. The van der Waals surface area contributed by atoms with E-state index in [0.717, 1.165) is 4.88 Å². The number of esters is 1. The third kappa shape index (κ3) is 2.13. The highest BCUT2D eigenvalue weighted by atomic mass is 32.1. The van der Waals surface area contributed by atoms with E-state index in [2.05, 4.69) is 29.6 Å². The van der Waals surface area contributed by atoms with Gasteiger partial charge >= 0.3 is 5.97 Å². The lowest BCUT2D eigenvalue weighted by Crippen LogP contribution is -2.05. The molecular formula is C14H12O2S2. The third-order valence-corrected chi connectivity index (χ3v) is 4.74. The van der Waals surface area contributed by atoms with Crippen LogP contribution in [-0.2, 0) is 16.0 Å². The summed E-state index contributed by atoms with van der Waals surface area (Å²) in [6.07, 6.45) is 0.376. The minimum Gasteiger partial charge on any atom is -0.466 e. The maximum absolute atomic E-state index is 11.5. The SMILES string of the molecule is CCOC(=O)Cc1cc2cc3sccc3cc2s1. The minimum absolute atomic E-state index is 0.147. The van der Waals surface area contributed by atoms with Gasteiger partial charge in [0.1, 0.15) is 0 Å². The molecule has 2 aromatic heterocycles. The molecule has 3 aromatic rings. The molecule has 0 aliphatic heterocycles. The van der Waals surface area contributed by atoms with E-state index in [1.807, 2.05) is 6.92 Å². The fourth-order valence-corrected chi connectivity index (χ4v) is 3.89. The van der Waals surface area contributed by atoms with Crippen LogP contribution in [0.1, 0.15) is 11.8 Å². The molecule has 0 saturated carbocycles. The third-order valence-electron chi connectivity index (χ3n) is 2.77. The van der Waals surface area contributed by atoms with Gasteiger partial charge in [-0.3, -0.25) is 4.79 Å². The Morgan fingerprint density at radius 3 is 2.89 bits per heavy atom. The molecule has 0 amide bonds. The Labute approximate surface area is 113 Å². The van der Waals surface area contributed by atoms with Crippen molar-refractivity contribution in [3.63, 3.8) is 0 Å². The molecule has 0 aliphatic carbocycles. The van der Waals surface area contributed by atoms with Crippen LogP contribution < -0.4 is 0 Å². The van der Waals surface area contributed by atoms with E-state index in [-0.39, 0.29) is 5.97 Å². The summed E-state index contributed by atoms with van der Waals surface area (Å²) in [7, 11) is 0. The smallest absolute Gasteiger partial charge is 0.311 e. The summed E-state index contributed by atoms with van der Waals surface area (Å²) in [5, 5.41) is 4.60. The number of rotatable bonds is 3. The van der Waals surface area contributed by atoms with Crippen LogP contribution in [0.15, 0.2) is 29.6 Å². The Hall–Kier alpha value is -1.39. The molecule has 3 rings (SSSR count). The largest absolute Gasteiger partial charge is 0.466 e. The number of fused-ring (bicyclic) bond motifs is 2. The fraction of sp³-hybridized carbons (Fsp3) is 0.214. The zero-order chi connectivity index (χ0) is 12.5. The summed E-state index contributed by atoms with van der Waals surface area (Å²) in [5.74, 6) is -0.147. The van der Waals surface area contributed by atoms with Crippen molar-refractivity contribution >= 4 is 48.8 Å². The molecule has 0 bridgehead atoms. The second kappa shape index (κ2) is 4.71.